The summed E-state index contributed by atoms with van der Waals surface area (Å²) >= 11 is 0. The van der Waals surface area contributed by atoms with Gasteiger partial charge < -0.3 is 14.7 Å². The maximum absolute atomic E-state index is 11.4. The van der Waals surface area contributed by atoms with E-state index in [-0.39, 0.29) is 5.92 Å². The molecule has 0 bridgehead atoms. The highest BCUT2D eigenvalue weighted by Gasteiger charge is 2.31. The molecule has 1 rings (SSSR count). The number of ketones is 1. The summed E-state index contributed by atoms with van der Waals surface area (Å²) in [6.45, 7) is 6.93. The number of likely N-dealkylation sites (tertiary alicyclic amines) is 1. The Labute approximate surface area is 123 Å². The van der Waals surface area contributed by atoms with Gasteiger partial charge in [-0.15, -0.1) is 0 Å². The van der Waals surface area contributed by atoms with E-state index < -0.39 is 5.60 Å². The van der Waals surface area contributed by atoms with Crippen LogP contribution in [0.1, 0.15) is 52.4 Å². The van der Waals surface area contributed by atoms with Crippen molar-refractivity contribution in [3.63, 3.8) is 0 Å². The van der Waals surface area contributed by atoms with Gasteiger partial charge in [0.15, 0.2) is 0 Å². The molecule has 1 heterocycles. The van der Waals surface area contributed by atoms with Crippen LogP contribution in [0, 0.1) is 5.92 Å². The molecule has 0 radical (unpaired) electrons. The Morgan fingerprint density at radius 3 is 2.50 bits per heavy atom. The highest BCUT2D eigenvalue weighted by molar-refractivity contribution is 5.80. The number of hydrogen-bond acceptors (Lipinski definition) is 4. The SMILES string of the molecule is CC(C)C(=O)CCCCCOCC1(O)CCN(C)CC1. The van der Waals surface area contributed by atoms with E-state index >= 15 is 0 Å². The topological polar surface area (TPSA) is 49.8 Å². The van der Waals surface area contributed by atoms with Crippen LogP contribution in [0.2, 0.25) is 0 Å². The molecule has 0 amide bonds. The molecule has 4 nitrogen and oxygen atoms in total. The third-order valence-electron chi connectivity index (χ3n) is 4.14. The van der Waals surface area contributed by atoms with E-state index in [0.29, 0.717) is 25.4 Å². The molecule has 0 spiro atoms. The number of Topliss-reactive ketones (excluding diaryl/α,β-unsaturated/α-hetero) is 1. The van der Waals surface area contributed by atoms with Crippen molar-refractivity contribution in [2.24, 2.45) is 5.92 Å². The summed E-state index contributed by atoms with van der Waals surface area (Å²) in [6, 6.07) is 0. The third kappa shape index (κ3) is 6.82. The number of piperidine rings is 1. The van der Waals surface area contributed by atoms with Crippen LogP contribution in [0.15, 0.2) is 0 Å². The summed E-state index contributed by atoms with van der Waals surface area (Å²) in [7, 11) is 2.08. The number of carbonyl (C=O) groups is 1. The van der Waals surface area contributed by atoms with Gasteiger partial charge in [0.05, 0.1) is 12.2 Å². The van der Waals surface area contributed by atoms with E-state index in [9.17, 15) is 9.90 Å². The van der Waals surface area contributed by atoms with Gasteiger partial charge in [0, 0.05) is 32.0 Å². The van der Waals surface area contributed by atoms with Crippen molar-refractivity contribution in [3.8, 4) is 0 Å². The first-order chi connectivity index (χ1) is 9.43. The fourth-order valence-electron chi connectivity index (χ4n) is 2.41. The van der Waals surface area contributed by atoms with Crippen LogP contribution in [-0.2, 0) is 9.53 Å². The Morgan fingerprint density at radius 1 is 1.25 bits per heavy atom. The van der Waals surface area contributed by atoms with Crippen molar-refractivity contribution in [2.45, 2.75) is 58.0 Å². The quantitative estimate of drug-likeness (QED) is 0.660. The minimum atomic E-state index is -0.625. The Bertz CT molecular complexity index is 283. The average Bonchev–Trinajstić information content (AvgIpc) is 2.41. The van der Waals surface area contributed by atoms with Crippen molar-refractivity contribution in [1.29, 1.82) is 0 Å². The fourth-order valence-corrected chi connectivity index (χ4v) is 2.41. The van der Waals surface area contributed by atoms with E-state index in [1.807, 2.05) is 13.8 Å². The van der Waals surface area contributed by atoms with Gasteiger partial charge in [0.2, 0.25) is 0 Å². The van der Waals surface area contributed by atoms with Crippen molar-refractivity contribution < 1.29 is 14.6 Å². The molecule has 0 aliphatic carbocycles. The number of unbranched alkanes of at least 4 members (excludes halogenated alkanes) is 2. The van der Waals surface area contributed by atoms with Crippen LogP contribution < -0.4 is 0 Å². The number of ether oxygens (including phenoxy) is 1. The zero-order valence-corrected chi connectivity index (χ0v) is 13.4. The Hall–Kier alpha value is -0.450. The molecule has 1 aliphatic rings. The predicted octanol–water partition coefficient (Wildman–Crippen LogP) is 2.25. The van der Waals surface area contributed by atoms with Gasteiger partial charge in [-0.2, -0.15) is 0 Å². The molecule has 0 atom stereocenters. The minimum absolute atomic E-state index is 0.157. The zero-order valence-electron chi connectivity index (χ0n) is 13.4. The normalized spacial score (nSPS) is 19.4. The van der Waals surface area contributed by atoms with Gasteiger partial charge in [0.25, 0.3) is 0 Å². The van der Waals surface area contributed by atoms with E-state index in [4.69, 9.17) is 4.74 Å². The van der Waals surface area contributed by atoms with Crippen LogP contribution in [0.25, 0.3) is 0 Å². The molecule has 0 unspecified atom stereocenters. The Morgan fingerprint density at radius 2 is 1.90 bits per heavy atom. The Kier molecular flexibility index (Phi) is 7.70. The molecule has 0 aromatic heterocycles. The molecule has 1 saturated heterocycles. The molecule has 118 valence electrons. The summed E-state index contributed by atoms with van der Waals surface area (Å²) in [5, 5.41) is 10.3. The second-order valence-corrected chi connectivity index (χ2v) is 6.51. The number of hydrogen-bond donors (Lipinski definition) is 1. The molecule has 1 N–H and O–H groups in total. The molecule has 4 heteroatoms. The van der Waals surface area contributed by atoms with Crippen LogP contribution in [0.5, 0.6) is 0 Å². The molecular formula is C16H31NO3. The lowest BCUT2D eigenvalue weighted by Crippen LogP contribution is -2.45. The number of nitrogens with zero attached hydrogens (tertiary/aromatic N) is 1. The molecular weight excluding hydrogens is 254 g/mol. The maximum atomic E-state index is 11.4. The van der Waals surface area contributed by atoms with Crippen molar-refractivity contribution in [2.75, 3.05) is 33.4 Å². The van der Waals surface area contributed by atoms with Crippen LogP contribution in [0.4, 0.5) is 0 Å². The summed E-state index contributed by atoms with van der Waals surface area (Å²) in [6.07, 6.45) is 5.24. The van der Waals surface area contributed by atoms with Crippen LogP contribution in [-0.4, -0.2) is 54.7 Å². The van der Waals surface area contributed by atoms with Gasteiger partial charge in [-0.3, -0.25) is 4.79 Å². The van der Waals surface area contributed by atoms with Gasteiger partial charge in [0.1, 0.15) is 5.78 Å². The summed E-state index contributed by atoms with van der Waals surface area (Å²) < 4.78 is 5.61. The smallest absolute Gasteiger partial charge is 0.135 e. The fraction of sp³-hybridized carbons (Fsp3) is 0.938. The summed E-state index contributed by atoms with van der Waals surface area (Å²) in [4.78, 5) is 13.7. The van der Waals surface area contributed by atoms with E-state index in [1.165, 1.54) is 0 Å². The number of carbonyl (C=O) groups excluding carboxylic acids is 1. The first-order valence-electron chi connectivity index (χ1n) is 7.94. The highest BCUT2D eigenvalue weighted by atomic mass is 16.5. The van der Waals surface area contributed by atoms with Crippen molar-refractivity contribution >= 4 is 5.78 Å². The van der Waals surface area contributed by atoms with Gasteiger partial charge >= 0.3 is 0 Å². The molecule has 1 fully saturated rings. The lowest BCUT2D eigenvalue weighted by atomic mass is 9.93. The average molecular weight is 285 g/mol. The van der Waals surface area contributed by atoms with Gasteiger partial charge in [-0.25, -0.2) is 0 Å². The predicted molar refractivity (Wildman–Crippen MR) is 80.8 cm³/mol. The third-order valence-corrected chi connectivity index (χ3v) is 4.14. The van der Waals surface area contributed by atoms with E-state index in [2.05, 4.69) is 11.9 Å². The number of aliphatic hydroxyl groups is 1. The standard InChI is InChI=1S/C16H31NO3/c1-14(2)15(18)7-5-4-6-12-20-13-16(19)8-10-17(3)11-9-16/h14,19H,4-13H2,1-3H3. The number of rotatable bonds is 9. The van der Waals surface area contributed by atoms with Crippen molar-refractivity contribution in [1.82, 2.24) is 4.90 Å². The first kappa shape index (κ1) is 17.6. The lowest BCUT2D eigenvalue weighted by molar-refractivity contribution is -0.122. The zero-order chi connectivity index (χ0) is 15.0. The molecule has 0 aromatic rings. The van der Waals surface area contributed by atoms with Crippen LogP contribution in [0.3, 0.4) is 0 Å². The summed E-state index contributed by atoms with van der Waals surface area (Å²) in [5.74, 6) is 0.511. The second-order valence-electron chi connectivity index (χ2n) is 6.51. The molecule has 1 aliphatic heterocycles. The monoisotopic (exact) mass is 285 g/mol. The van der Waals surface area contributed by atoms with Gasteiger partial charge in [-0.1, -0.05) is 20.3 Å². The van der Waals surface area contributed by atoms with Gasteiger partial charge in [-0.05, 0) is 32.7 Å². The largest absolute Gasteiger partial charge is 0.387 e. The van der Waals surface area contributed by atoms with Crippen molar-refractivity contribution in [3.05, 3.63) is 0 Å². The van der Waals surface area contributed by atoms with Crippen LogP contribution >= 0.6 is 0 Å². The second kappa shape index (κ2) is 8.75. The summed E-state index contributed by atoms with van der Waals surface area (Å²) in [5.41, 5.74) is -0.625. The molecule has 0 saturated carbocycles. The minimum Gasteiger partial charge on any atom is -0.387 e. The highest BCUT2D eigenvalue weighted by Crippen LogP contribution is 2.21. The lowest BCUT2D eigenvalue weighted by Gasteiger charge is -2.36. The van der Waals surface area contributed by atoms with E-state index in [1.54, 1.807) is 0 Å². The molecule has 20 heavy (non-hydrogen) atoms. The maximum Gasteiger partial charge on any atom is 0.135 e. The molecule has 0 aromatic carbocycles. The first-order valence-corrected chi connectivity index (χ1v) is 7.94. The van der Waals surface area contributed by atoms with E-state index in [0.717, 1.165) is 45.2 Å². The Balaban J connectivity index is 1.98.